The number of nitrogens with zero attached hydrogens (tertiary/aromatic N) is 4. The molecule has 4 aromatic rings. The van der Waals surface area contributed by atoms with Crippen LogP contribution in [0.15, 0.2) is 53.3 Å². The minimum absolute atomic E-state index is 0.141. The second-order valence-corrected chi connectivity index (χ2v) is 7.86. The van der Waals surface area contributed by atoms with Crippen molar-refractivity contribution in [1.82, 2.24) is 19.9 Å². The molecule has 164 valence electrons. The average molecular weight is 452 g/mol. The van der Waals surface area contributed by atoms with Crippen molar-refractivity contribution >= 4 is 23.5 Å². The molecule has 0 unspecified atom stereocenters. The maximum absolute atomic E-state index is 12.8. The number of rotatable bonds is 7. The molecule has 9 heteroatoms. The average Bonchev–Trinajstić information content (AvgIpc) is 3.35. The van der Waals surface area contributed by atoms with E-state index in [0.717, 1.165) is 22.4 Å². The Balaban J connectivity index is 1.44. The van der Waals surface area contributed by atoms with Crippen molar-refractivity contribution in [2.75, 3.05) is 5.32 Å². The lowest BCUT2D eigenvalue weighted by Crippen LogP contribution is -2.16. The Bertz CT molecular complexity index is 1230. The molecule has 0 aliphatic carbocycles. The monoisotopic (exact) mass is 451 g/mol. The van der Waals surface area contributed by atoms with Gasteiger partial charge in [0.2, 0.25) is 5.95 Å². The van der Waals surface area contributed by atoms with Gasteiger partial charge in [0.25, 0.3) is 5.91 Å². The zero-order valence-electron chi connectivity index (χ0n) is 17.9. The van der Waals surface area contributed by atoms with E-state index < -0.39 is 5.91 Å². The van der Waals surface area contributed by atoms with Crippen LogP contribution in [0.2, 0.25) is 5.02 Å². The highest BCUT2D eigenvalue weighted by molar-refractivity contribution is 6.30. The van der Waals surface area contributed by atoms with Gasteiger partial charge in [0.15, 0.2) is 5.69 Å². The Hall–Kier alpha value is -3.65. The van der Waals surface area contributed by atoms with E-state index in [9.17, 15) is 4.79 Å². The number of hydrogen-bond acceptors (Lipinski definition) is 6. The second kappa shape index (κ2) is 9.23. The van der Waals surface area contributed by atoms with Crippen LogP contribution >= 0.6 is 11.6 Å². The molecule has 0 aliphatic heterocycles. The van der Waals surface area contributed by atoms with Gasteiger partial charge in [-0.25, -0.2) is 9.67 Å². The summed E-state index contributed by atoms with van der Waals surface area (Å²) < 4.78 is 12.9. The number of hydrogen-bond donors (Lipinski definition) is 1. The lowest BCUT2D eigenvalue weighted by atomic mass is 10.1. The number of halogens is 1. The summed E-state index contributed by atoms with van der Waals surface area (Å²) in [5.41, 5.74) is 3.75. The Labute approximate surface area is 190 Å². The molecule has 1 amide bonds. The van der Waals surface area contributed by atoms with Crippen molar-refractivity contribution in [1.29, 1.82) is 0 Å². The number of ether oxygens (including phenoxy) is 1. The highest BCUT2D eigenvalue weighted by Gasteiger charge is 2.22. The van der Waals surface area contributed by atoms with Crippen LogP contribution in [0.25, 0.3) is 0 Å². The van der Waals surface area contributed by atoms with E-state index >= 15 is 0 Å². The van der Waals surface area contributed by atoms with Gasteiger partial charge in [-0.3, -0.25) is 10.1 Å². The lowest BCUT2D eigenvalue weighted by molar-refractivity contribution is 0.101. The molecular weight excluding hydrogens is 430 g/mol. The molecule has 32 heavy (non-hydrogen) atoms. The van der Waals surface area contributed by atoms with Crippen LogP contribution < -0.4 is 10.1 Å². The highest BCUT2D eigenvalue weighted by Crippen LogP contribution is 2.25. The van der Waals surface area contributed by atoms with Crippen molar-refractivity contribution < 1.29 is 14.1 Å². The first kappa shape index (κ1) is 21.6. The summed E-state index contributed by atoms with van der Waals surface area (Å²) in [7, 11) is 0. The highest BCUT2D eigenvalue weighted by atomic mass is 35.5. The van der Waals surface area contributed by atoms with Gasteiger partial charge in [0.1, 0.15) is 24.4 Å². The van der Waals surface area contributed by atoms with Gasteiger partial charge in [-0.2, -0.15) is 0 Å². The molecule has 2 aromatic heterocycles. The minimum atomic E-state index is -0.466. The zero-order valence-corrected chi connectivity index (χ0v) is 18.7. The molecule has 0 saturated carbocycles. The van der Waals surface area contributed by atoms with E-state index in [1.807, 2.05) is 56.3 Å². The van der Waals surface area contributed by atoms with Crippen LogP contribution in [0.5, 0.6) is 5.75 Å². The fraction of sp³-hybridized carbons (Fsp3) is 0.217. The topological polar surface area (TPSA) is 95.1 Å². The first-order valence-corrected chi connectivity index (χ1v) is 10.4. The maximum atomic E-state index is 12.8. The van der Waals surface area contributed by atoms with Gasteiger partial charge < -0.3 is 9.26 Å². The number of anilines is 1. The molecule has 4 rings (SSSR count). The van der Waals surface area contributed by atoms with Crippen LogP contribution in [0.1, 0.15) is 38.5 Å². The SMILES string of the molecule is Cc1cccc(C)c1OCc1c(C(=O)Nc2ncn(Cc3ccc(Cl)cc3)n2)noc1C. The van der Waals surface area contributed by atoms with Crippen molar-refractivity contribution in [2.24, 2.45) is 0 Å². The van der Waals surface area contributed by atoms with Gasteiger partial charge in [-0.1, -0.05) is 47.1 Å². The molecule has 0 saturated heterocycles. The molecule has 2 heterocycles. The third-order valence-corrected chi connectivity index (χ3v) is 5.24. The number of aromatic nitrogens is 4. The Kier molecular flexibility index (Phi) is 6.23. The normalized spacial score (nSPS) is 10.9. The summed E-state index contributed by atoms with van der Waals surface area (Å²) >= 11 is 5.92. The lowest BCUT2D eigenvalue weighted by Gasteiger charge is -2.11. The molecular formula is C23H22ClN5O3. The van der Waals surface area contributed by atoms with Gasteiger partial charge in [-0.15, -0.1) is 5.10 Å². The van der Waals surface area contributed by atoms with Gasteiger partial charge in [0, 0.05) is 5.02 Å². The number of aryl methyl sites for hydroxylation is 3. The Morgan fingerprint density at radius 3 is 2.56 bits per heavy atom. The van der Waals surface area contributed by atoms with Gasteiger partial charge >= 0.3 is 0 Å². The Morgan fingerprint density at radius 1 is 1.12 bits per heavy atom. The van der Waals surface area contributed by atoms with E-state index in [1.54, 1.807) is 17.9 Å². The maximum Gasteiger partial charge on any atom is 0.280 e. The third-order valence-electron chi connectivity index (χ3n) is 4.99. The van der Waals surface area contributed by atoms with Crippen LogP contribution in [0, 0.1) is 20.8 Å². The molecule has 2 aromatic carbocycles. The number of para-hydroxylation sites is 1. The number of amides is 1. The summed E-state index contributed by atoms with van der Waals surface area (Å²) in [6.45, 7) is 6.34. The van der Waals surface area contributed by atoms with Crippen molar-refractivity contribution in [3.63, 3.8) is 0 Å². The van der Waals surface area contributed by atoms with Gasteiger partial charge in [-0.05, 0) is 49.6 Å². The van der Waals surface area contributed by atoms with E-state index in [2.05, 4.69) is 20.6 Å². The molecule has 0 fully saturated rings. The van der Waals surface area contributed by atoms with Crippen LogP contribution in [-0.4, -0.2) is 25.8 Å². The molecule has 0 spiro atoms. The number of carbonyl (C=O) groups excluding carboxylic acids is 1. The van der Waals surface area contributed by atoms with Crippen molar-refractivity contribution in [2.45, 2.75) is 33.9 Å². The predicted octanol–water partition coefficient (Wildman–Crippen LogP) is 4.72. The summed E-state index contributed by atoms with van der Waals surface area (Å²) in [5.74, 6) is 1.00. The summed E-state index contributed by atoms with van der Waals surface area (Å²) in [4.78, 5) is 17.0. The number of benzene rings is 2. The van der Waals surface area contributed by atoms with E-state index in [0.29, 0.717) is 22.9 Å². The quantitative estimate of drug-likeness (QED) is 0.436. The molecule has 0 aliphatic rings. The van der Waals surface area contributed by atoms with Crippen LogP contribution in [0.3, 0.4) is 0 Å². The molecule has 0 radical (unpaired) electrons. The molecule has 1 N–H and O–H groups in total. The predicted molar refractivity (Wildman–Crippen MR) is 120 cm³/mol. The zero-order chi connectivity index (χ0) is 22.7. The fourth-order valence-electron chi connectivity index (χ4n) is 3.28. The van der Waals surface area contributed by atoms with Gasteiger partial charge in [0.05, 0.1) is 12.1 Å². The fourth-order valence-corrected chi connectivity index (χ4v) is 3.40. The summed E-state index contributed by atoms with van der Waals surface area (Å²) in [6.07, 6.45) is 1.54. The molecule has 0 atom stereocenters. The Morgan fingerprint density at radius 2 is 1.84 bits per heavy atom. The first-order valence-electron chi connectivity index (χ1n) is 10.00. The van der Waals surface area contributed by atoms with E-state index in [4.69, 9.17) is 20.9 Å². The second-order valence-electron chi connectivity index (χ2n) is 7.42. The smallest absolute Gasteiger partial charge is 0.280 e. The minimum Gasteiger partial charge on any atom is -0.488 e. The number of carbonyl (C=O) groups is 1. The summed E-state index contributed by atoms with van der Waals surface area (Å²) in [5, 5.41) is 11.5. The van der Waals surface area contributed by atoms with Crippen LogP contribution in [0.4, 0.5) is 5.95 Å². The largest absolute Gasteiger partial charge is 0.488 e. The third kappa shape index (κ3) is 4.81. The molecule has 8 nitrogen and oxygen atoms in total. The first-order chi connectivity index (χ1) is 15.4. The standard InChI is InChI=1S/C23H22ClN5O3/c1-14-5-4-6-15(2)21(14)31-12-19-16(3)32-28-20(19)22(30)26-23-25-13-29(27-23)11-17-7-9-18(24)10-8-17/h4-10,13H,11-12H2,1-3H3,(H,26,27,30). The summed E-state index contributed by atoms with van der Waals surface area (Å²) in [6, 6.07) is 13.4. The van der Waals surface area contributed by atoms with E-state index in [-0.39, 0.29) is 18.2 Å². The van der Waals surface area contributed by atoms with Crippen LogP contribution in [-0.2, 0) is 13.2 Å². The van der Waals surface area contributed by atoms with E-state index in [1.165, 1.54) is 0 Å². The molecule has 0 bridgehead atoms. The van der Waals surface area contributed by atoms with Crippen molar-refractivity contribution in [3.05, 3.63) is 87.5 Å². The number of nitrogens with one attached hydrogen (secondary N) is 1. The van der Waals surface area contributed by atoms with Crippen molar-refractivity contribution in [3.8, 4) is 5.75 Å².